The zero-order valence-corrected chi connectivity index (χ0v) is 11.6. The summed E-state index contributed by atoms with van der Waals surface area (Å²) >= 11 is 0. The number of esters is 1. The standard InChI is InChI=1S/C12H21NO5/c1-11(2,3)13(10(15)16)6-7-18-8-12(13,4)9(14)17-5/h6-8H2,1-5H3. The van der Waals surface area contributed by atoms with Crippen LogP contribution in [0.2, 0.25) is 0 Å². The Kier molecular flexibility index (Phi) is 3.74. The van der Waals surface area contributed by atoms with Crippen molar-refractivity contribution in [2.45, 2.75) is 38.8 Å². The van der Waals surface area contributed by atoms with Crippen molar-refractivity contribution in [2.24, 2.45) is 0 Å². The van der Waals surface area contributed by atoms with Crippen LogP contribution in [0.15, 0.2) is 0 Å². The molecule has 0 radical (unpaired) electrons. The highest BCUT2D eigenvalue weighted by Crippen LogP contribution is 2.38. The molecule has 0 spiro atoms. The van der Waals surface area contributed by atoms with Crippen LogP contribution in [0.3, 0.4) is 0 Å². The molecule has 0 aliphatic carbocycles. The van der Waals surface area contributed by atoms with Gasteiger partial charge in [0.15, 0.2) is 0 Å². The number of amides is 1. The van der Waals surface area contributed by atoms with Gasteiger partial charge >= 0.3 is 5.97 Å². The Morgan fingerprint density at radius 1 is 1.39 bits per heavy atom. The van der Waals surface area contributed by atoms with Gasteiger partial charge in [-0.05, 0) is 20.8 Å². The Balaban J connectivity index is 3.45. The van der Waals surface area contributed by atoms with E-state index in [9.17, 15) is 14.7 Å². The number of carbonyl (C=O) groups is 2. The van der Waals surface area contributed by atoms with E-state index in [0.717, 1.165) is 0 Å². The van der Waals surface area contributed by atoms with Gasteiger partial charge in [0.25, 0.3) is 6.09 Å². The molecule has 0 aromatic rings. The molecule has 1 aliphatic heterocycles. The molecule has 6 nitrogen and oxygen atoms in total. The second-order valence-corrected chi connectivity index (χ2v) is 5.79. The van der Waals surface area contributed by atoms with Crippen molar-refractivity contribution in [2.75, 3.05) is 26.9 Å². The first-order valence-corrected chi connectivity index (χ1v) is 5.89. The van der Waals surface area contributed by atoms with Gasteiger partial charge in [0.05, 0.1) is 19.3 Å². The van der Waals surface area contributed by atoms with Crippen molar-refractivity contribution in [3.05, 3.63) is 0 Å². The monoisotopic (exact) mass is 259 g/mol. The number of carboxylic acid groups (broad SMARTS) is 1. The molecular weight excluding hydrogens is 238 g/mol. The summed E-state index contributed by atoms with van der Waals surface area (Å²) in [5.74, 6) is -0.596. The normalized spacial score (nSPS) is 32.9. The van der Waals surface area contributed by atoms with Gasteiger partial charge in [-0.2, -0.15) is 0 Å². The molecule has 1 rings (SSSR count). The third-order valence-electron chi connectivity index (χ3n) is 3.88. The second kappa shape index (κ2) is 4.51. The zero-order valence-electron chi connectivity index (χ0n) is 11.6. The second-order valence-electron chi connectivity index (χ2n) is 5.79. The summed E-state index contributed by atoms with van der Waals surface area (Å²) in [6, 6.07) is 0. The zero-order chi connectivity index (χ0) is 14.2. The maximum absolute atomic E-state index is 12.0. The number of hydrogen-bond donors (Lipinski definition) is 0. The van der Waals surface area contributed by atoms with Crippen LogP contribution in [0.1, 0.15) is 27.7 Å². The average Bonchev–Trinajstić information content (AvgIpc) is 2.26. The summed E-state index contributed by atoms with van der Waals surface area (Å²) in [4.78, 5) is 23.8. The van der Waals surface area contributed by atoms with E-state index in [2.05, 4.69) is 0 Å². The molecule has 1 amide bonds. The molecule has 0 aromatic carbocycles. The molecule has 1 aliphatic rings. The summed E-state index contributed by atoms with van der Waals surface area (Å²) < 4.78 is 9.58. The minimum absolute atomic E-state index is 0.00488. The summed E-state index contributed by atoms with van der Waals surface area (Å²) in [5.41, 5.74) is -2.00. The molecule has 0 aromatic heterocycles. The molecule has 1 heterocycles. The number of methoxy groups -OCH3 is 1. The van der Waals surface area contributed by atoms with E-state index in [1.54, 1.807) is 27.7 Å². The largest absolute Gasteiger partial charge is 0.498 e. The fourth-order valence-corrected chi connectivity index (χ4v) is 2.91. The predicted octanol–water partition coefficient (Wildman–Crippen LogP) is -0.0931. The minimum Gasteiger partial charge on any atom is -0.498 e. The fraction of sp³-hybridized carbons (Fsp3) is 0.833. The van der Waals surface area contributed by atoms with Gasteiger partial charge in [0, 0.05) is 6.92 Å². The first kappa shape index (κ1) is 14.9. The Bertz CT molecular complexity index is 362. The summed E-state index contributed by atoms with van der Waals surface area (Å²) in [6.45, 7) is 7.33. The van der Waals surface area contributed by atoms with E-state index >= 15 is 0 Å². The van der Waals surface area contributed by atoms with Crippen LogP contribution in [0.4, 0.5) is 4.79 Å². The Morgan fingerprint density at radius 2 is 1.94 bits per heavy atom. The number of rotatable bonds is 1. The molecule has 1 fully saturated rings. The van der Waals surface area contributed by atoms with Crippen LogP contribution in [0.5, 0.6) is 0 Å². The van der Waals surface area contributed by atoms with E-state index in [-0.39, 0.29) is 19.8 Å². The van der Waals surface area contributed by atoms with E-state index in [4.69, 9.17) is 9.47 Å². The lowest BCUT2D eigenvalue weighted by Gasteiger charge is -2.58. The first-order valence-electron chi connectivity index (χ1n) is 5.89. The van der Waals surface area contributed by atoms with Crippen molar-refractivity contribution in [3.63, 3.8) is 0 Å². The van der Waals surface area contributed by atoms with Gasteiger partial charge < -0.3 is 19.4 Å². The Labute approximate surface area is 107 Å². The third-order valence-corrected chi connectivity index (χ3v) is 3.88. The number of morpholine rings is 1. The van der Waals surface area contributed by atoms with E-state index < -0.39 is 27.6 Å². The molecule has 18 heavy (non-hydrogen) atoms. The van der Waals surface area contributed by atoms with Crippen LogP contribution in [0, 0.1) is 0 Å². The molecule has 2 atom stereocenters. The van der Waals surface area contributed by atoms with E-state index in [1.807, 2.05) is 0 Å². The number of quaternary nitrogens is 1. The SMILES string of the molecule is COC(=O)C1(C)COCC[N+]1(C(=O)[O-])C(C)(C)C. The average molecular weight is 259 g/mol. The lowest BCUT2D eigenvalue weighted by atomic mass is 9.87. The molecule has 0 N–H and O–H groups in total. The van der Waals surface area contributed by atoms with Crippen molar-refractivity contribution >= 4 is 12.1 Å². The maximum atomic E-state index is 12.0. The predicted molar refractivity (Wildman–Crippen MR) is 61.5 cm³/mol. The lowest BCUT2D eigenvalue weighted by molar-refractivity contribution is -0.962. The maximum Gasteiger partial charge on any atom is 0.370 e. The molecule has 1 saturated heterocycles. The fourth-order valence-electron chi connectivity index (χ4n) is 2.91. The lowest BCUT2D eigenvalue weighted by Crippen LogP contribution is -2.82. The number of carbonyl (C=O) groups excluding carboxylic acids is 2. The summed E-state index contributed by atoms with van der Waals surface area (Å²) in [7, 11) is 1.24. The van der Waals surface area contributed by atoms with Crippen LogP contribution in [0.25, 0.3) is 0 Å². The van der Waals surface area contributed by atoms with Crippen molar-refractivity contribution < 1.29 is 28.7 Å². The van der Waals surface area contributed by atoms with E-state index in [1.165, 1.54) is 7.11 Å². The Hall–Kier alpha value is -1.14. The number of ether oxygens (including phenoxy) is 2. The van der Waals surface area contributed by atoms with Crippen LogP contribution in [-0.4, -0.2) is 54.5 Å². The topological polar surface area (TPSA) is 75.7 Å². The molecule has 0 saturated carbocycles. The molecule has 2 unspecified atom stereocenters. The smallest absolute Gasteiger partial charge is 0.370 e. The van der Waals surface area contributed by atoms with E-state index in [0.29, 0.717) is 0 Å². The molecular formula is C12H21NO5. The highest BCUT2D eigenvalue weighted by molar-refractivity contribution is 5.81. The van der Waals surface area contributed by atoms with Crippen LogP contribution < -0.4 is 5.11 Å². The van der Waals surface area contributed by atoms with Crippen LogP contribution in [-0.2, 0) is 14.3 Å². The highest BCUT2D eigenvalue weighted by atomic mass is 16.5. The molecule has 104 valence electrons. The highest BCUT2D eigenvalue weighted by Gasteiger charge is 2.63. The van der Waals surface area contributed by atoms with Gasteiger partial charge in [-0.15, -0.1) is 0 Å². The quantitative estimate of drug-likeness (QED) is 0.486. The van der Waals surface area contributed by atoms with Crippen molar-refractivity contribution in [1.82, 2.24) is 0 Å². The Morgan fingerprint density at radius 3 is 2.33 bits per heavy atom. The molecule has 6 heteroatoms. The number of hydrogen-bond acceptors (Lipinski definition) is 5. The van der Waals surface area contributed by atoms with Gasteiger partial charge in [-0.3, -0.25) is 4.48 Å². The van der Waals surface area contributed by atoms with Gasteiger partial charge in [0.2, 0.25) is 5.54 Å². The minimum atomic E-state index is -1.30. The molecule has 0 bridgehead atoms. The summed E-state index contributed by atoms with van der Waals surface area (Å²) in [5, 5.41) is 11.8. The van der Waals surface area contributed by atoms with Gasteiger partial charge in [-0.1, -0.05) is 0 Å². The number of nitrogens with zero attached hydrogens (tertiary/aromatic N) is 1. The van der Waals surface area contributed by atoms with Gasteiger partial charge in [-0.25, -0.2) is 4.79 Å². The van der Waals surface area contributed by atoms with Crippen molar-refractivity contribution in [3.8, 4) is 0 Å². The first-order chi connectivity index (χ1) is 8.13. The third kappa shape index (κ3) is 1.80. The van der Waals surface area contributed by atoms with Crippen molar-refractivity contribution in [1.29, 1.82) is 0 Å². The van der Waals surface area contributed by atoms with Crippen LogP contribution >= 0.6 is 0 Å². The summed E-state index contributed by atoms with van der Waals surface area (Å²) in [6.07, 6.45) is -1.28. The van der Waals surface area contributed by atoms with Gasteiger partial charge in [0.1, 0.15) is 13.2 Å².